The van der Waals surface area contributed by atoms with Crippen molar-refractivity contribution in [1.82, 2.24) is 4.72 Å². The minimum Gasteiger partial charge on any atom is -0.496 e. The standard InChI is InChI=1S/C25H35BN2O5S/c1-16-14-18(11-12-19(16)26-32-23(2,3)24(4,5)33-26)27-22(29)17-10-13-21(20(15-17)30-8)34-28-25(6,7)31-9/h10-15,28H,1-9H3,(H,27,29). The summed E-state index contributed by atoms with van der Waals surface area (Å²) < 4.78 is 26.4. The lowest BCUT2D eigenvalue weighted by molar-refractivity contribution is 0.00578. The predicted octanol–water partition coefficient (Wildman–Crippen LogP) is 4.53. The Bertz CT molecular complexity index is 1040. The first-order valence-corrected chi connectivity index (χ1v) is 12.0. The fraction of sp³-hybridized carbons (Fsp3) is 0.480. The molecule has 0 saturated carbocycles. The summed E-state index contributed by atoms with van der Waals surface area (Å²) in [5.41, 5.74) is 1.81. The number of hydrogen-bond donors (Lipinski definition) is 2. The average molecular weight is 486 g/mol. The highest BCUT2D eigenvalue weighted by atomic mass is 32.2. The molecule has 1 aliphatic rings. The molecule has 9 heteroatoms. The molecule has 1 saturated heterocycles. The highest BCUT2D eigenvalue weighted by molar-refractivity contribution is 7.97. The summed E-state index contributed by atoms with van der Waals surface area (Å²) in [6, 6.07) is 11.1. The zero-order valence-corrected chi connectivity index (χ0v) is 22.3. The third kappa shape index (κ3) is 5.78. The Morgan fingerprint density at radius 2 is 1.68 bits per heavy atom. The molecule has 7 nitrogen and oxygen atoms in total. The summed E-state index contributed by atoms with van der Waals surface area (Å²) in [7, 11) is 2.78. The Labute approximate surface area is 207 Å². The van der Waals surface area contributed by atoms with Gasteiger partial charge >= 0.3 is 7.12 Å². The van der Waals surface area contributed by atoms with Gasteiger partial charge in [0.1, 0.15) is 11.5 Å². The van der Waals surface area contributed by atoms with Gasteiger partial charge in [0.2, 0.25) is 0 Å². The van der Waals surface area contributed by atoms with E-state index >= 15 is 0 Å². The van der Waals surface area contributed by atoms with Gasteiger partial charge in [-0.15, -0.1) is 0 Å². The smallest absolute Gasteiger partial charge is 0.495 e. The number of amides is 1. The molecule has 0 radical (unpaired) electrons. The van der Waals surface area contributed by atoms with Crippen LogP contribution in [-0.2, 0) is 14.0 Å². The quantitative estimate of drug-likeness (QED) is 0.322. The molecule has 0 bridgehead atoms. The van der Waals surface area contributed by atoms with Gasteiger partial charge in [0, 0.05) is 18.4 Å². The molecule has 1 aliphatic heterocycles. The fourth-order valence-electron chi connectivity index (χ4n) is 3.30. The molecule has 0 spiro atoms. The Morgan fingerprint density at radius 1 is 1.03 bits per heavy atom. The van der Waals surface area contributed by atoms with Crippen LogP contribution in [0.15, 0.2) is 41.3 Å². The van der Waals surface area contributed by atoms with E-state index in [1.165, 1.54) is 11.9 Å². The summed E-state index contributed by atoms with van der Waals surface area (Å²) in [5, 5.41) is 2.97. The van der Waals surface area contributed by atoms with E-state index in [1.54, 1.807) is 26.4 Å². The minimum absolute atomic E-state index is 0.220. The Morgan fingerprint density at radius 3 is 2.24 bits per heavy atom. The molecule has 3 rings (SSSR count). The maximum absolute atomic E-state index is 12.9. The monoisotopic (exact) mass is 486 g/mol. The molecule has 184 valence electrons. The molecule has 0 aromatic heterocycles. The lowest BCUT2D eigenvalue weighted by Crippen LogP contribution is -2.41. The second-order valence-electron chi connectivity index (χ2n) is 9.90. The van der Waals surface area contributed by atoms with Crippen LogP contribution in [0.1, 0.15) is 57.5 Å². The number of rotatable bonds is 8. The fourth-order valence-corrected chi connectivity index (χ4v) is 4.12. The van der Waals surface area contributed by atoms with Crippen LogP contribution in [0.5, 0.6) is 5.75 Å². The second-order valence-corrected chi connectivity index (χ2v) is 10.7. The van der Waals surface area contributed by atoms with Crippen molar-refractivity contribution in [3.8, 4) is 5.75 Å². The van der Waals surface area contributed by atoms with E-state index in [0.29, 0.717) is 17.0 Å². The van der Waals surface area contributed by atoms with Gasteiger partial charge in [-0.3, -0.25) is 4.79 Å². The average Bonchev–Trinajstić information content (AvgIpc) is 2.98. The highest BCUT2D eigenvalue weighted by Crippen LogP contribution is 2.37. The number of carbonyl (C=O) groups is 1. The third-order valence-corrected chi connectivity index (χ3v) is 7.53. The molecule has 1 amide bonds. The van der Waals surface area contributed by atoms with E-state index in [2.05, 4.69) is 10.0 Å². The molecule has 2 aromatic carbocycles. The Balaban J connectivity index is 1.71. The lowest BCUT2D eigenvalue weighted by Gasteiger charge is -2.32. The lowest BCUT2D eigenvalue weighted by atomic mass is 9.76. The van der Waals surface area contributed by atoms with E-state index in [0.717, 1.165) is 15.9 Å². The number of aryl methyl sites for hydroxylation is 1. The van der Waals surface area contributed by atoms with Crippen LogP contribution >= 0.6 is 11.9 Å². The molecule has 2 aromatic rings. The minimum atomic E-state index is -0.504. The van der Waals surface area contributed by atoms with Gasteiger partial charge in [0.15, 0.2) is 0 Å². The molecular weight excluding hydrogens is 451 g/mol. The van der Waals surface area contributed by atoms with Crippen molar-refractivity contribution >= 4 is 36.1 Å². The van der Waals surface area contributed by atoms with Crippen LogP contribution in [0, 0.1) is 6.92 Å². The first-order valence-electron chi connectivity index (χ1n) is 11.2. The van der Waals surface area contributed by atoms with Crippen LogP contribution in [0.3, 0.4) is 0 Å². The zero-order chi connectivity index (χ0) is 25.3. The highest BCUT2D eigenvalue weighted by Gasteiger charge is 2.52. The molecule has 0 atom stereocenters. The summed E-state index contributed by atoms with van der Waals surface area (Å²) in [5.74, 6) is 0.382. The second kappa shape index (κ2) is 9.91. The molecule has 1 fully saturated rings. The topological polar surface area (TPSA) is 78.1 Å². The number of hydrogen-bond acceptors (Lipinski definition) is 7. The van der Waals surface area contributed by atoms with Crippen molar-refractivity contribution < 1.29 is 23.6 Å². The van der Waals surface area contributed by atoms with E-state index in [9.17, 15) is 4.79 Å². The molecule has 34 heavy (non-hydrogen) atoms. The Hall–Kier alpha value is -2.04. The van der Waals surface area contributed by atoms with Gasteiger partial charge in [-0.2, -0.15) is 0 Å². The van der Waals surface area contributed by atoms with E-state index < -0.39 is 24.0 Å². The molecular formula is C25H35BN2O5S. The number of carbonyl (C=O) groups excluding carboxylic acids is 1. The molecule has 0 aliphatic carbocycles. The van der Waals surface area contributed by atoms with Crippen molar-refractivity contribution in [2.45, 2.75) is 70.3 Å². The largest absolute Gasteiger partial charge is 0.496 e. The van der Waals surface area contributed by atoms with E-state index in [1.807, 2.05) is 72.7 Å². The summed E-state index contributed by atoms with van der Waals surface area (Å²) in [4.78, 5) is 13.8. The first-order chi connectivity index (χ1) is 15.8. The third-order valence-electron chi connectivity index (χ3n) is 6.38. The van der Waals surface area contributed by atoms with Crippen molar-refractivity contribution in [3.63, 3.8) is 0 Å². The number of benzene rings is 2. The zero-order valence-electron chi connectivity index (χ0n) is 21.5. The molecule has 2 N–H and O–H groups in total. The van der Waals surface area contributed by atoms with Crippen molar-refractivity contribution in [2.24, 2.45) is 0 Å². The maximum Gasteiger partial charge on any atom is 0.495 e. The van der Waals surface area contributed by atoms with E-state index in [4.69, 9.17) is 18.8 Å². The van der Waals surface area contributed by atoms with Gasteiger partial charge in [-0.05, 0) is 102 Å². The van der Waals surface area contributed by atoms with Crippen molar-refractivity contribution in [2.75, 3.05) is 19.5 Å². The number of ether oxygens (including phenoxy) is 2. The van der Waals surface area contributed by atoms with Gasteiger partial charge in [-0.1, -0.05) is 6.07 Å². The number of methoxy groups -OCH3 is 2. The summed E-state index contributed by atoms with van der Waals surface area (Å²) >= 11 is 1.39. The van der Waals surface area contributed by atoms with Crippen molar-refractivity contribution in [1.29, 1.82) is 0 Å². The SMILES string of the molecule is COc1cc(C(=O)Nc2ccc(B3OC(C)(C)C(C)(C)O3)c(C)c2)ccc1SNC(C)(C)OC. The van der Waals surface area contributed by atoms with Gasteiger partial charge in [0.25, 0.3) is 5.91 Å². The van der Waals surface area contributed by atoms with Crippen LogP contribution in [0.25, 0.3) is 0 Å². The van der Waals surface area contributed by atoms with Gasteiger partial charge in [0.05, 0.1) is 23.2 Å². The number of nitrogens with one attached hydrogen (secondary N) is 2. The normalized spacial score (nSPS) is 17.0. The van der Waals surface area contributed by atoms with Crippen LogP contribution < -0.4 is 20.2 Å². The van der Waals surface area contributed by atoms with Crippen LogP contribution in [0.2, 0.25) is 0 Å². The maximum atomic E-state index is 12.9. The van der Waals surface area contributed by atoms with Crippen LogP contribution in [-0.4, -0.2) is 44.2 Å². The molecule has 0 unspecified atom stereocenters. The van der Waals surface area contributed by atoms with Gasteiger partial charge < -0.3 is 24.1 Å². The van der Waals surface area contributed by atoms with E-state index in [-0.39, 0.29) is 5.91 Å². The van der Waals surface area contributed by atoms with Gasteiger partial charge in [-0.25, -0.2) is 4.72 Å². The first kappa shape index (κ1) is 26.6. The number of anilines is 1. The summed E-state index contributed by atoms with van der Waals surface area (Å²) in [6.45, 7) is 14.0. The molecule has 1 heterocycles. The summed E-state index contributed by atoms with van der Waals surface area (Å²) in [6.07, 6.45) is 0. The predicted molar refractivity (Wildman–Crippen MR) is 138 cm³/mol. The Kier molecular flexibility index (Phi) is 7.74. The van der Waals surface area contributed by atoms with Crippen molar-refractivity contribution in [3.05, 3.63) is 47.5 Å². The van der Waals surface area contributed by atoms with Crippen LogP contribution in [0.4, 0.5) is 5.69 Å².